The van der Waals surface area contributed by atoms with E-state index in [2.05, 4.69) is 91.3 Å². The second-order valence-electron chi connectivity index (χ2n) is 14.5. The van der Waals surface area contributed by atoms with Gasteiger partial charge >= 0.3 is 25.7 Å². The average molecular weight is 848 g/mol. The first-order valence-electron chi connectivity index (χ1n) is 21.7. The minimum absolute atomic E-state index is 0.114. The van der Waals surface area contributed by atoms with Crippen molar-refractivity contribution in [2.45, 2.75) is 167 Å². The molecule has 0 aliphatic carbocycles. The molecular weight excluding hydrogens is 773 g/mol. The molecule has 5 atom stereocenters. The van der Waals surface area contributed by atoms with Gasteiger partial charge in [-0.2, -0.15) is 0 Å². The number of nitrogens with two attached hydrogens (primary N) is 1. The minimum atomic E-state index is -4.74. The number of allylic oxidation sites excluding steroid dienone is 13. The quantitative estimate of drug-likeness (QED) is 0.0176. The normalized spacial score (nSPS) is 18.0. The highest BCUT2D eigenvalue weighted by atomic mass is 31.2. The van der Waals surface area contributed by atoms with Crippen molar-refractivity contribution in [3.05, 3.63) is 85.1 Å². The Kier molecular flexibility index (Phi) is 33.2. The number of carbonyl (C=O) groups is 3. The number of hydrogen-bond acceptors (Lipinski definition) is 10. The standard InChI is InChI=1S/C46H74NO11P/c1-3-5-7-8-9-10-11-12-13-14-15-16-17-22-25-28-32-36-45(49)57-40(38-55-59(52,53)56-39-41(47)46(50)51)37-54-44(48)35-31-27-24-21-19-18-20-23-26-30-34-43-42(58-43)33-29-6-4-2/h5,7,9-10,12-13,15-16,18,20-21,24,26,30,40-43H,3-4,6,8,11,14,17,19,22-23,25,27-29,31-39,47H2,1-2H3,(H,50,51)(H,52,53)/b7-5-,10-9-,13-12-,16-15-,20-18-,24-21-,30-26-/t40-,41+,42?,43?/m1/s1. The van der Waals surface area contributed by atoms with E-state index < -0.39 is 57.7 Å². The number of aliphatic carboxylic acids is 1. The van der Waals surface area contributed by atoms with Gasteiger partial charge in [0.05, 0.1) is 25.4 Å². The summed E-state index contributed by atoms with van der Waals surface area (Å²) in [5.41, 5.74) is 5.33. The van der Waals surface area contributed by atoms with Crippen LogP contribution in [0.25, 0.3) is 0 Å². The van der Waals surface area contributed by atoms with Crippen molar-refractivity contribution >= 4 is 25.7 Å². The molecule has 0 aromatic heterocycles. The lowest BCUT2D eigenvalue weighted by Crippen LogP contribution is -2.34. The van der Waals surface area contributed by atoms with Crippen LogP contribution in [0.4, 0.5) is 0 Å². The van der Waals surface area contributed by atoms with E-state index in [-0.39, 0.29) is 12.8 Å². The van der Waals surface area contributed by atoms with Crippen LogP contribution in [0.5, 0.6) is 0 Å². The molecule has 3 unspecified atom stereocenters. The van der Waals surface area contributed by atoms with E-state index in [4.69, 9.17) is 29.6 Å². The minimum Gasteiger partial charge on any atom is -0.480 e. The summed E-state index contributed by atoms with van der Waals surface area (Å²) in [4.78, 5) is 46.0. The Balaban J connectivity index is 2.34. The lowest BCUT2D eigenvalue weighted by atomic mass is 10.1. The summed E-state index contributed by atoms with van der Waals surface area (Å²) in [6.45, 7) is 2.55. The van der Waals surface area contributed by atoms with Crippen LogP contribution in [-0.4, -0.2) is 72.1 Å². The van der Waals surface area contributed by atoms with Gasteiger partial charge in [0.25, 0.3) is 0 Å². The van der Waals surface area contributed by atoms with Gasteiger partial charge in [-0.3, -0.25) is 23.4 Å². The third-order valence-electron chi connectivity index (χ3n) is 9.05. The molecule has 59 heavy (non-hydrogen) atoms. The van der Waals surface area contributed by atoms with Crippen molar-refractivity contribution in [3.8, 4) is 0 Å². The first-order valence-corrected chi connectivity index (χ1v) is 23.2. The summed E-state index contributed by atoms with van der Waals surface area (Å²) < 4.78 is 38.3. The van der Waals surface area contributed by atoms with E-state index in [1.807, 2.05) is 12.2 Å². The fourth-order valence-electron chi connectivity index (χ4n) is 5.55. The lowest BCUT2D eigenvalue weighted by molar-refractivity contribution is -0.161. The molecule has 4 N–H and O–H groups in total. The van der Waals surface area contributed by atoms with Crippen molar-refractivity contribution in [2.75, 3.05) is 19.8 Å². The number of ether oxygens (including phenoxy) is 3. The third kappa shape index (κ3) is 34.1. The van der Waals surface area contributed by atoms with E-state index in [1.165, 1.54) is 25.7 Å². The van der Waals surface area contributed by atoms with Gasteiger partial charge in [0.15, 0.2) is 6.10 Å². The van der Waals surface area contributed by atoms with Crippen LogP contribution in [0.2, 0.25) is 0 Å². The van der Waals surface area contributed by atoms with Crippen LogP contribution in [-0.2, 0) is 42.2 Å². The van der Waals surface area contributed by atoms with Gasteiger partial charge in [0.2, 0.25) is 0 Å². The van der Waals surface area contributed by atoms with Crippen molar-refractivity contribution in [3.63, 3.8) is 0 Å². The second-order valence-corrected chi connectivity index (χ2v) is 15.9. The average Bonchev–Trinajstić information content (AvgIpc) is 3.97. The molecule has 1 heterocycles. The number of hydrogen-bond donors (Lipinski definition) is 3. The third-order valence-corrected chi connectivity index (χ3v) is 10.0. The van der Waals surface area contributed by atoms with Gasteiger partial charge in [0.1, 0.15) is 12.6 Å². The van der Waals surface area contributed by atoms with Crippen LogP contribution in [0.1, 0.15) is 142 Å². The predicted octanol–water partition coefficient (Wildman–Crippen LogP) is 10.5. The van der Waals surface area contributed by atoms with Gasteiger partial charge in [-0.05, 0) is 83.5 Å². The Labute approximate surface area is 354 Å². The summed E-state index contributed by atoms with van der Waals surface area (Å²) in [5.74, 6) is -2.50. The molecule has 1 aliphatic heterocycles. The van der Waals surface area contributed by atoms with Gasteiger partial charge in [-0.15, -0.1) is 0 Å². The number of unbranched alkanes of at least 4 members (excludes halogenated alkanes) is 7. The summed E-state index contributed by atoms with van der Waals surface area (Å²) in [6, 6.07) is -1.54. The number of epoxide rings is 1. The Hall–Kier alpha value is -3.38. The van der Waals surface area contributed by atoms with E-state index in [0.29, 0.717) is 31.5 Å². The van der Waals surface area contributed by atoms with Crippen LogP contribution < -0.4 is 5.73 Å². The van der Waals surface area contributed by atoms with Crippen LogP contribution in [0.15, 0.2) is 85.1 Å². The van der Waals surface area contributed by atoms with Gasteiger partial charge in [0, 0.05) is 12.8 Å². The van der Waals surface area contributed by atoms with E-state index in [1.54, 1.807) is 0 Å². The number of carboxylic acid groups (broad SMARTS) is 1. The highest BCUT2D eigenvalue weighted by Crippen LogP contribution is 2.43. The maximum absolute atomic E-state index is 12.6. The molecule has 0 spiro atoms. The van der Waals surface area contributed by atoms with Crippen LogP contribution >= 0.6 is 7.82 Å². The van der Waals surface area contributed by atoms with E-state index in [9.17, 15) is 23.8 Å². The number of phosphoric ester groups is 1. The highest BCUT2D eigenvalue weighted by Gasteiger charge is 2.36. The van der Waals surface area contributed by atoms with Crippen molar-refractivity contribution in [2.24, 2.45) is 5.73 Å². The number of esters is 2. The largest absolute Gasteiger partial charge is 0.480 e. The summed E-state index contributed by atoms with van der Waals surface area (Å²) in [5, 5.41) is 8.89. The predicted molar refractivity (Wildman–Crippen MR) is 235 cm³/mol. The zero-order chi connectivity index (χ0) is 43.2. The van der Waals surface area contributed by atoms with Gasteiger partial charge in [-0.25, -0.2) is 4.57 Å². The summed E-state index contributed by atoms with van der Waals surface area (Å²) in [7, 11) is -4.74. The molecule has 0 saturated carbocycles. The molecule has 13 heteroatoms. The van der Waals surface area contributed by atoms with Crippen molar-refractivity contribution < 1.29 is 52.2 Å². The monoisotopic (exact) mass is 847 g/mol. The zero-order valence-corrected chi connectivity index (χ0v) is 36.6. The topological polar surface area (TPSA) is 184 Å². The number of rotatable bonds is 38. The molecule has 334 valence electrons. The molecule has 1 fully saturated rings. The molecule has 1 rings (SSSR count). The van der Waals surface area contributed by atoms with Crippen molar-refractivity contribution in [1.29, 1.82) is 0 Å². The maximum atomic E-state index is 12.6. The molecule has 0 radical (unpaired) electrons. The number of carbonyl (C=O) groups excluding carboxylic acids is 2. The van der Waals surface area contributed by atoms with E-state index in [0.717, 1.165) is 70.6 Å². The molecule has 0 amide bonds. The number of carboxylic acids is 1. The molecule has 0 aromatic carbocycles. The van der Waals surface area contributed by atoms with Crippen LogP contribution in [0, 0.1) is 0 Å². The first-order chi connectivity index (χ1) is 28.6. The Morgan fingerprint density at radius 2 is 1.19 bits per heavy atom. The molecule has 1 aliphatic rings. The lowest BCUT2D eigenvalue weighted by Gasteiger charge is -2.20. The summed E-state index contributed by atoms with van der Waals surface area (Å²) >= 11 is 0. The van der Waals surface area contributed by atoms with Crippen LogP contribution in [0.3, 0.4) is 0 Å². The molecular formula is C46H74NO11P. The van der Waals surface area contributed by atoms with E-state index >= 15 is 0 Å². The smallest absolute Gasteiger partial charge is 0.472 e. The molecule has 0 aromatic rings. The maximum Gasteiger partial charge on any atom is 0.472 e. The summed E-state index contributed by atoms with van der Waals surface area (Å²) in [6.07, 6.45) is 46.9. The molecule has 1 saturated heterocycles. The second kappa shape index (κ2) is 36.5. The molecule has 0 bridgehead atoms. The van der Waals surface area contributed by atoms with Crippen molar-refractivity contribution in [1.82, 2.24) is 0 Å². The number of phosphoric acid groups is 1. The Bertz CT molecular complexity index is 1390. The molecule has 12 nitrogen and oxygen atoms in total. The Morgan fingerprint density at radius 1 is 0.644 bits per heavy atom. The van der Waals surface area contributed by atoms with Gasteiger partial charge in [-0.1, -0.05) is 131 Å². The fourth-order valence-corrected chi connectivity index (χ4v) is 6.33. The highest BCUT2D eigenvalue weighted by molar-refractivity contribution is 7.47. The zero-order valence-electron chi connectivity index (χ0n) is 35.7. The van der Waals surface area contributed by atoms with Gasteiger partial charge < -0.3 is 29.9 Å². The Morgan fingerprint density at radius 3 is 1.80 bits per heavy atom. The fraction of sp³-hybridized carbons (Fsp3) is 0.630. The SMILES string of the molecule is CC/C=C\C/C=C\C/C=C\C/C=C\CCCCCCC(=O)O[C@H](COC(=O)CCC/C=C\C/C=C\C/C=C\CC1OC1CCCCC)COP(=O)(O)OC[C@H](N)C(=O)O. The first kappa shape index (κ1) is 53.6.